The first-order valence-electron chi connectivity index (χ1n) is 4.74. The Morgan fingerprint density at radius 3 is 2.56 bits per heavy atom. The Morgan fingerprint density at radius 2 is 2.00 bits per heavy atom. The van der Waals surface area contributed by atoms with Gasteiger partial charge in [-0.3, -0.25) is 0 Å². The van der Waals surface area contributed by atoms with Crippen LogP contribution in [0, 0.1) is 12.7 Å². The highest BCUT2D eigenvalue weighted by molar-refractivity contribution is 7.12. The maximum Gasteiger partial charge on any atom is 0.129 e. The van der Waals surface area contributed by atoms with Gasteiger partial charge in [-0.05, 0) is 31.2 Å². The third-order valence-electron chi connectivity index (χ3n) is 2.26. The first-order valence-corrected chi connectivity index (χ1v) is 6.37. The van der Waals surface area contributed by atoms with Crippen LogP contribution in [0.3, 0.4) is 0 Å². The minimum absolute atomic E-state index is 0.354. The molecule has 1 atom stereocenters. The molecule has 84 valence electrons. The van der Waals surface area contributed by atoms with Crippen molar-refractivity contribution in [1.82, 2.24) is 0 Å². The summed E-state index contributed by atoms with van der Waals surface area (Å²) in [5.74, 6) is -0.362. The van der Waals surface area contributed by atoms with E-state index in [0.717, 1.165) is 9.75 Å². The van der Waals surface area contributed by atoms with Gasteiger partial charge in [-0.1, -0.05) is 17.7 Å². The lowest BCUT2D eigenvalue weighted by Crippen LogP contribution is -1.95. The number of alkyl halides is 1. The van der Waals surface area contributed by atoms with E-state index in [1.54, 1.807) is 23.5 Å². The molecule has 2 aromatic rings. The molecule has 0 saturated carbocycles. The van der Waals surface area contributed by atoms with Gasteiger partial charge >= 0.3 is 0 Å². The Bertz CT molecular complexity index is 487. The zero-order valence-corrected chi connectivity index (χ0v) is 10.8. The van der Waals surface area contributed by atoms with E-state index in [1.807, 2.05) is 19.1 Å². The van der Waals surface area contributed by atoms with E-state index in [2.05, 4.69) is 0 Å². The average Bonchev–Trinajstić information content (AvgIpc) is 2.64. The lowest BCUT2D eigenvalue weighted by molar-refractivity contribution is 0.613. The minimum Gasteiger partial charge on any atom is -0.207 e. The lowest BCUT2D eigenvalue weighted by atomic mass is 10.1. The largest absolute Gasteiger partial charge is 0.207 e. The van der Waals surface area contributed by atoms with Crippen LogP contribution >= 0.6 is 34.5 Å². The monoisotopic (exact) mass is 274 g/mol. The van der Waals surface area contributed by atoms with Crippen LogP contribution in [0.25, 0.3) is 0 Å². The summed E-state index contributed by atoms with van der Waals surface area (Å²) >= 11 is 13.8. The quantitative estimate of drug-likeness (QED) is 0.663. The number of halogens is 3. The van der Waals surface area contributed by atoms with Gasteiger partial charge in [0.1, 0.15) is 5.82 Å². The van der Waals surface area contributed by atoms with E-state index in [9.17, 15) is 4.39 Å². The maximum atomic E-state index is 13.6. The van der Waals surface area contributed by atoms with Gasteiger partial charge in [-0.15, -0.1) is 22.9 Å². The molecule has 0 nitrogen and oxygen atoms in total. The SMILES string of the molecule is Cc1ccc(C(Cl)c2c(F)cccc2Cl)s1. The smallest absolute Gasteiger partial charge is 0.129 e. The van der Waals surface area contributed by atoms with Crippen LogP contribution in [0.1, 0.15) is 20.7 Å². The van der Waals surface area contributed by atoms with E-state index in [4.69, 9.17) is 23.2 Å². The van der Waals surface area contributed by atoms with Crippen LogP contribution in [0.5, 0.6) is 0 Å². The Morgan fingerprint density at radius 1 is 1.25 bits per heavy atom. The van der Waals surface area contributed by atoms with E-state index < -0.39 is 5.38 Å². The molecule has 0 saturated heterocycles. The van der Waals surface area contributed by atoms with Crippen molar-refractivity contribution in [3.8, 4) is 0 Å². The van der Waals surface area contributed by atoms with Crippen molar-refractivity contribution in [3.05, 3.63) is 56.5 Å². The molecule has 1 unspecified atom stereocenters. The summed E-state index contributed by atoms with van der Waals surface area (Å²) in [6.45, 7) is 1.99. The van der Waals surface area contributed by atoms with Crippen molar-refractivity contribution in [1.29, 1.82) is 0 Å². The molecule has 0 radical (unpaired) electrons. The van der Waals surface area contributed by atoms with Gasteiger partial charge in [0.05, 0.1) is 5.38 Å². The Kier molecular flexibility index (Phi) is 3.53. The van der Waals surface area contributed by atoms with Crippen LogP contribution in [0.15, 0.2) is 30.3 Å². The third-order valence-corrected chi connectivity index (χ3v) is 4.24. The summed E-state index contributed by atoms with van der Waals surface area (Å²) in [6, 6.07) is 8.46. The predicted molar refractivity (Wildman–Crippen MR) is 68.2 cm³/mol. The number of rotatable bonds is 2. The van der Waals surface area contributed by atoms with Crippen molar-refractivity contribution >= 4 is 34.5 Å². The fourth-order valence-electron chi connectivity index (χ4n) is 1.48. The van der Waals surface area contributed by atoms with Gasteiger partial charge in [0.15, 0.2) is 0 Å². The summed E-state index contributed by atoms with van der Waals surface area (Å²) in [4.78, 5) is 2.05. The molecule has 0 aliphatic heterocycles. The van der Waals surface area contributed by atoms with Gasteiger partial charge < -0.3 is 0 Å². The summed E-state index contributed by atoms with van der Waals surface area (Å²) in [6.07, 6.45) is 0. The van der Waals surface area contributed by atoms with E-state index in [1.165, 1.54) is 6.07 Å². The average molecular weight is 275 g/mol. The maximum absolute atomic E-state index is 13.6. The second-order valence-corrected chi connectivity index (χ2v) is 5.61. The van der Waals surface area contributed by atoms with Crippen molar-refractivity contribution < 1.29 is 4.39 Å². The Labute approximate surface area is 108 Å². The van der Waals surface area contributed by atoms with Crippen LogP contribution in [0.2, 0.25) is 5.02 Å². The zero-order valence-electron chi connectivity index (χ0n) is 8.51. The highest BCUT2D eigenvalue weighted by Crippen LogP contribution is 2.38. The molecule has 0 bridgehead atoms. The first-order chi connectivity index (χ1) is 7.59. The third kappa shape index (κ3) is 2.24. The van der Waals surface area contributed by atoms with Gasteiger partial charge in [-0.25, -0.2) is 4.39 Å². The summed E-state index contributed by atoms with van der Waals surface area (Å²) in [7, 11) is 0. The van der Waals surface area contributed by atoms with E-state index >= 15 is 0 Å². The number of benzene rings is 1. The Balaban J connectivity index is 2.45. The normalized spacial score (nSPS) is 12.8. The van der Waals surface area contributed by atoms with Crippen LogP contribution in [-0.2, 0) is 0 Å². The van der Waals surface area contributed by atoms with Crippen LogP contribution in [0.4, 0.5) is 4.39 Å². The molecule has 1 heterocycles. The summed E-state index contributed by atoms with van der Waals surface area (Å²) < 4.78 is 13.6. The summed E-state index contributed by atoms with van der Waals surface area (Å²) in [5, 5.41) is -0.154. The molecule has 0 N–H and O–H groups in total. The molecule has 16 heavy (non-hydrogen) atoms. The van der Waals surface area contributed by atoms with E-state index in [0.29, 0.717) is 10.6 Å². The molecule has 0 amide bonds. The topological polar surface area (TPSA) is 0 Å². The molecule has 0 fully saturated rings. The number of hydrogen-bond donors (Lipinski definition) is 0. The van der Waals surface area contributed by atoms with Gasteiger partial charge in [0.2, 0.25) is 0 Å². The molecule has 1 aromatic carbocycles. The predicted octanol–water partition coefficient (Wildman–Crippen LogP) is 5.18. The van der Waals surface area contributed by atoms with Gasteiger partial charge in [0, 0.05) is 20.3 Å². The second kappa shape index (κ2) is 4.74. The number of thiophene rings is 1. The zero-order chi connectivity index (χ0) is 11.7. The first kappa shape index (κ1) is 11.9. The molecule has 2 rings (SSSR count). The van der Waals surface area contributed by atoms with Crippen LogP contribution < -0.4 is 0 Å². The van der Waals surface area contributed by atoms with Gasteiger partial charge in [0.25, 0.3) is 0 Å². The molecule has 1 aromatic heterocycles. The standard InChI is InChI=1S/C12H9Cl2FS/c1-7-5-6-10(16-7)12(14)11-8(13)3-2-4-9(11)15/h2-6,12H,1H3. The van der Waals surface area contributed by atoms with Crippen LogP contribution in [-0.4, -0.2) is 0 Å². The molecule has 0 aliphatic rings. The Hall–Kier alpha value is -0.570. The molecular weight excluding hydrogens is 266 g/mol. The lowest BCUT2D eigenvalue weighted by Gasteiger charge is -2.10. The highest BCUT2D eigenvalue weighted by Gasteiger charge is 2.19. The van der Waals surface area contributed by atoms with Crippen molar-refractivity contribution in [2.24, 2.45) is 0 Å². The molecule has 0 aliphatic carbocycles. The van der Waals surface area contributed by atoms with Crippen molar-refractivity contribution in [2.45, 2.75) is 12.3 Å². The van der Waals surface area contributed by atoms with E-state index in [-0.39, 0.29) is 5.82 Å². The fourth-order valence-corrected chi connectivity index (χ4v) is 3.11. The second-order valence-electron chi connectivity index (χ2n) is 3.45. The minimum atomic E-state index is -0.521. The molecule has 4 heteroatoms. The molecular formula is C12H9Cl2FS. The number of aryl methyl sites for hydroxylation is 1. The number of hydrogen-bond acceptors (Lipinski definition) is 1. The van der Waals surface area contributed by atoms with Crippen molar-refractivity contribution in [2.75, 3.05) is 0 Å². The van der Waals surface area contributed by atoms with Crippen molar-refractivity contribution in [3.63, 3.8) is 0 Å². The summed E-state index contributed by atoms with van der Waals surface area (Å²) in [5.41, 5.74) is 0.354. The molecule has 0 spiro atoms. The van der Waals surface area contributed by atoms with Gasteiger partial charge in [-0.2, -0.15) is 0 Å². The highest BCUT2D eigenvalue weighted by atomic mass is 35.5. The fraction of sp³-hybridized carbons (Fsp3) is 0.167.